The van der Waals surface area contributed by atoms with Crippen LogP contribution in [0.1, 0.15) is 110 Å². The Morgan fingerprint density at radius 1 is 0.793 bits per heavy atom. The van der Waals surface area contributed by atoms with Gasteiger partial charge in [-0.05, 0) is 18.6 Å². The SMILES string of the molecule is CCCCCCCCCCCCCCCCCC(=O)O.c1ccc2[nH]cnc2c1. The summed E-state index contributed by atoms with van der Waals surface area (Å²) >= 11 is 0. The number of rotatable bonds is 16. The van der Waals surface area contributed by atoms with Crippen molar-refractivity contribution in [3.05, 3.63) is 30.6 Å². The zero-order valence-electron chi connectivity index (χ0n) is 18.5. The van der Waals surface area contributed by atoms with Crippen molar-refractivity contribution in [2.45, 2.75) is 110 Å². The number of hydrogen-bond donors (Lipinski definition) is 2. The second-order valence-corrected chi connectivity index (χ2v) is 8.01. The number of aromatic nitrogens is 2. The lowest BCUT2D eigenvalue weighted by Gasteiger charge is -2.03. The van der Waals surface area contributed by atoms with Crippen molar-refractivity contribution >= 4 is 17.0 Å². The maximum Gasteiger partial charge on any atom is 0.303 e. The summed E-state index contributed by atoms with van der Waals surface area (Å²) in [5, 5.41) is 8.52. The number of nitrogens with one attached hydrogen (secondary N) is 1. The van der Waals surface area contributed by atoms with Crippen molar-refractivity contribution in [1.29, 1.82) is 0 Å². The fourth-order valence-electron chi connectivity index (χ4n) is 3.53. The standard InChI is InChI=1S/C18H36O2.C7H6N2/c1-2-3-4-5-6-7-8-9-10-11-12-13-14-15-16-17-18(19)20;1-2-4-7-6(3-1)8-5-9-7/h2-17H2,1H3,(H,19,20);1-5H,(H,8,9). The molecule has 0 amide bonds. The molecule has 4 nitrogen and oxygen atoms in total. The third-order valence-electron chi connectivity index (χ3n) is 5.32. The molecular formula is C25H42N2O2. The maximum absolute atomic E-state index is 10.3. The van der Waals surface area contributed by atoms with Crippen molar-refractivity contribution in [3.8, 4) is 0 Å². The van der Waals surface area contributed by atoms with Gasteiger partial charge in [-0.1, -0.05) is 109 Å². The molecule has 164 valence electrons. The molecule has 1 aromatic heterocycles. The monoisotopic (exact) mass is 402 g/mol. The third-order valence-corrected chi connectivity index (χ3v) is 5.32. The molecule has 2 aromatic rings. The predicted octanol–water partition coefficient (Wildman–Crippen LogP) is 7.90. The van der Waals surface area contributed by atoms with E-state index in [0.717, 1.165) is 23.9 Å². The zero-order valence-corrected chi connectivity index (χ0v) is 18.5. The molecule has 0 fully saturated rings. The Balaban J connectivity index is 0.000000379. The Hall–Kier alpha value is -1.84. The minimum absolute atomic E-state index is 0.345. The first-order chi connectivity index (χ1) is 14.2. The molecule has 0 spiro atoms. The number of aliphatic carboxylic acids is 1. The fourth-order valence-corrected chi connectivity index (χ4v) is 3.53. The van der Waals surface area contributed by atoms with E-state index in [0.29, 0.717) is 6.42 Å². The number of aromatic amines is 1. The van der Waals surface area contributed by atoms with Crippen LogP contribution in [0.3, 0.4) is 0 Å². The van der Waals surface area contributed by atoms with Crippen LogP contribution in [-0.2, 0) is 4.79 Å². The highest BCUT2D eigenvalue weighted by atomic mass is 16.4. The number of hydrogen-bond acceptors (Lipinski definition) is 2. The molecule has 0 aliphatic carbocycles. The summed E-state index contributed by atoms with van der Waals surface area (Å²) in [4.78, 5) is 17.4. The van der Waals surface area contributed by atoms with E-state index in [1.165, 1.54) is 83.5 Å². The first-order valence-electron chi connectivity index (χ1n) is 11.8. The van der Waals surface area contributed by atoms with E-state index in [9.17, 15) is 4.79 Å². The summed E-state index contributed by atoms with van der Waals surface area (Å²) in [6.45, 7) is 2.27. The van der Waals surface area contributed by atoms with Gasteiger partial charge in [-0.25, -0.2) is 4.98 Å². The molecule has 0 aliphatic heterocycles. The fraction of sp³-hybridized carbons (Fsp3) is 0.680. The van der Waals surface area contributed by atoms with Gasteiger partial charge in [0.1, 0.15) is 0 Å². The summed E-state index contributed by atoms with van der Waals surface area (Å²) in [6, 6.07) is 7.94. The first-order valence-corrected chi connectivity index (χ1v) is 11.8. The first kappa shape index (κ1) is 25.2. The van der Waals surface area contributed by atoms with Gasteiger partial charge >= 0.3 is 5.97 Å². The van der Waals surface area contributed by atoms with Gasteiger partial charge in [-0.2, -0.15) is 0 Å². The maximum atomic E-state index is 10.3. The van der Waals surface area contributed by atoms with Gasteiger partial charge < -0.3 is 10.1 Å². The number of fused-ring (bicyclic) bond motifs is 1. The van der Waals surface area contributed by atoms with Crippen LogP contribution < -0.4 is 0 Å². The smallest absolute Gasteiger partial charge is 0.303 e. The molecule has 0 radical (unpaired) electrons. The Kier molecular flexibility index (Phi) is 15.8. The lowest BCUT2D eigenvalue weighted by atomic mass is 10.0. The van der Waals surface area contributed by atoms with Crippen molar-refractivity contribution in [3.63, 3.8) is 0 Å². The van der Waals surface area contributed by atoms with E-state index in [4.69, 9.17) is 5.11 Å². The van der Waals surface area contributed by atoms with Gasteiger partial charge in [0, 0.05) is 6.42 Å². The quantitative estimate of drug-likeness (QED) is 0.280. The molecule has 1 heterocycles. The molecule has 0 bridgehead atoms. The molecule has 29 heavy (non-hydrogen) atoms. The van der Waals surface area contributed by atoms with E-state index < -0.39 is 5.97 Å². The number of benzene rings is 1. The van der Waals surface area contributed by atoms with E-state index in [1.54, 1.807) is 6.33 Å². The normalized spacial score (nSPS) is 10.7. The van der Waals surface area contributed by atoms with Gasteiger partial charge in [-0.15, -0.1) is 0 Å². The average molecular weight is 403 g/mol. The largest absolute Gasteiger partial charge is 0.481 e. The van der Waals surface area contributed by atoms with E-state index in [1.807, 2.05) is 24.3 Å². The van der Waals surface area contributed by atoms with Crippen LogP contribution in [0.2, 0.25) is 0 Å². The van der Waals surface area contributed by atoms with Crippen LogP contribution in [-0.4, -0.2) is 21.0 Å². The number of carbonyl (C=O) groups is 1. The van der Waals surface area contributed by atoms with Crippen molar-refractivity contribution < 1.29 is 9.90 Å². The minimum atomic E-state index is -0.653. The summed E-state index contributed by atoms with van der Waals surface area (Å²) < 4.78 is 0. The number of para-hydroxylation sites is 2. The molecule has 4 heteroatoms. The molecule has 1 aromatic carbocycles. The second-order valence-electron chi connectivity index (χ2n) is 8.01. The number of H-pyrrole nitrogens is 1. The minimum Gasteiger partial charge on any atom is -0.481 e. The lowest BCUT2D eigenvalue weighted by molar-refractivity contribution is -0.137. The summed E-state index contributed by atoms with van der Waals surface area (Å²) in [5.74, 6) is -0.653. The van der Waals surface area contributed by atoms with Gasteiger partial charge in [0.25, 0.3) is 0 Å². The van der Waals surface area contributed by atoms with Crippen LogP contribution in [0, 0.1) is 0 Å². The molecule has 0 unspecified atom stereocenters. The predicted molar refractivity (Wildman–Crippen MR) is 123 cm³/mol. The molecule has 0 aliphatic rings. The van der Waals surface area contributed by atoms with Gasteiger partial charge in [0.2, 0.25) is 0 Å². The average Bonchev–Trinajstić information content (AvgIpc) is 3.20. The van der Waals surface area contributed by atoms with Crippen LogP contribution in [0.5, 0.6) is 0 Å². The molecule has 0 saturated heterocycles. The van der Waals surface area contributed by atoms with Crippen LogP contribution in [0.25, 0.3) is 11.0 Å². The molecular weight excluding hydrogens is 360 g/mol. The van der Waals surface area contributed by atoms with Crippen molar-refractivity contribution in [2.75, 3.05) is 0 Å². The zero-order chi connectivity index (χ0) is 21.0. The lowest BCUT2D eigenvalue weighted by Crippen LogP contribution is -1.93. The van der Waals surface area contributed by atoms with Crippen molar-refractivity contribution in [2.24, 2.45) is 0 Å². The van der Waals surface area contributed by atoms with Crippen molar-refractivity contribution in [1.82, 2.24) is 9.97 Å². The van der Waals surface area contributed by atoms with Gasteiger partial charge in [0.05, 0.1) is 17.4 Å². The Labute approximate surface area is 177 Å². The summed E-state index contributed by atoms with van der Waals surface area (Å²) in [6.07, 6.45) is 21.9. The second kappa shape index (κ2) is 18.2. The number of imidazole rings is 1. The Morgan fingerprint density at radius 2 is 1.28 bits per heavy atom. The molecule has 2 rings (SSSR count). The molecule has 0 atom stereocenters. The van der Waals surface area contributed by atoms with E-state index in [2.05, 4.69) is 16.9 Å². The highest BCUT2D eigenvalue weighted by Gasteiger charge is 1.97. The van der Waals surface area contributed by atoms with Crippen LogP contribution >= 0.6 is 0 Å². The Bertz CT molecular complexity index is 594. The number of carboxylic acid groups (broad SMARTS) is 1. The van der Waals surface area contributed by atoms with Crippen LogP contribution in [0.4, 0.5) is 0 Å². The van der Waals surface area contributed by atoms with Gasteiger partial charge in [-0.3, -0.25) is 4.79 Å². The van der Waals surface area contributed by atoms with E-state index >= 15 is 0 Å². The molecule has 2 N–H and O–H groups in total. The highest BCUT2D eigenvalue weighted by Crippen LogP contribution is 2.13. The number of unbranched alkanes of at least 4 members (excludes halogenated alkanes) is 14. The van der Waals surface area contributed by atoms with Crippen LogP contribution in [0.15, 0.2) is 30.6 Å². The summed E-state index contributed by atoms with van der Waals surface area (Å²) in [7, 11) is 0. The number of carboxylic acids is 1. The summed E-state index contributed by atoms with van der Waals surface area (Å²) in [5.41, 5.74) is 2.12. The third kappa shape index (κ3) is 14.8. The number of nitrogens with zero attached hydrogens (tertiary/aromatic N) is 1. The Morgan fingerprint density at radius 3 is 1.76 bits per heavy atom. The highest BCUT2D eigenvalue weighted by molar-refractivity contribution is 5.73. The topological polar surface area (TPSA) is 66.0 Å². The van der Waals surface area contributed by atoms with E-state index in [-0.39, 0.29) is 0 Å². The molecule has 0 saturated carbocycles. The van der Waals surface area contributed by atoms with Gasteiger partial charge in [0.15, 0.2) is 0 Å².